The number of hydrogen-bond acceptors (Lipinski definition) is 3. The standard InChI is InChI=1S/C2H5NO2S/c1-2(6)3(4)5/h4-5H,1H3. The molecule has 6 heavy (non-hydrogen) atoms. The lowest BCUT2D eigenvalue weighted by molar-refractivity contribution is -0.242. The largest absolute Gasteiger partial charge is 0.263 e. The van der Waals surface area contributed by atoms with Gasteiger partial charge in [-0.3, -0.25) is 10.4 Å². The van der Waals surface area contributed by atoms with Gasteiger partial charge >= 0.3 is 0 Å². The molecule has 0 radical (unpaired) electrons. The van der Waals surface area contributed by atoms with Gasteiger partial charge in [0.05, 0.1) is 0 Å². The summed E-state index contributed by atoms with van der Waals surface area (Å²) in [6, 6.07) is 0. The summed E-state index contributed by atoms with van der Waals surface area (Å²) in [5.74, 6) is 0. The van der Waals surface area contributed by atoms with Crippen LogP contribution < -0.4 is 0 Å². The number of hydroxylamine groups is 2. The minimum absolute atomic E-state index is 0.0370. The second-order valence-electron chi connectivity index (χ2n) is 0.808. The van der Waals surface area contributed by atoms with Crippen LogP contribution in [0.2, 0.25) is 0 Å². The number of rotatable bonds is 0. The van der Waals surface area contributed by atoms with Crippen molar-refractivity contribution in [3.8, 4) is 0 Å². The fourth-order valence-corrected chi connectivity index (χ4v) is 0. The molecule has 0 aliphatic rings. The Kier molecular flexibility index (Phi) is 2.00. The fraction of sp³-hybridized carbons (Fsp3) is 0.500. The van der Waals surface area contributed by atoms with E-state index in [0.29, 0.717) is 0 Å². The van der Waals surface area contributed by atoms with Crippen molar-refractivity contribution in [2.24, 2.45) is 0 Å². The number of hydrogen-bond donors (Lipinski definition) is 2. The first-order valence-electron chi connectivity index (χ1n) is 1.33. The van der Waals surface area contributed by atoms with Crippen molar-refractivity contribution in [3.63, 3.8) is 0 Å². The zero-order valence-corrected chi connectivity index (χ0v) is 4.07. The van der Waals surface area contributed by atoms with E-state index < -0.39 is 0 Å². The topological polar surface area (TPSA) is 43.7 Å². The van der Waals surface area contributed by atoms with Gasteiger partial charge in [-0.2, -0.15) is 0 Å². The molecule has 0 bridgehead atoms. The quantitative estimate of drug-likeness (QED) is 0.347. The van der Waals surface area contributed by atoms with Crippen molar-refractivity contribution in [2.75, 3.05) is 0 Å². The van der Waals surface area contributed by atoms with Gasteiger partial charge in [-0.05, 0) is 6.92 Å². The molecule has 0 rings (SSSR count). The van der Waals surface area contributed by atoms with Crippen molar-refractivity contribution in [1.29, 1.82) is 0 Å². The molecule has 4 heteroatoms. The van der Waals surface area contributed by atoms with Crippen LogP contribution >= 0.6 is 12.2 Å². The zero-order valence-electron chi connectivity index (χ0n) is 3.25. The van der Waals surface area contributed by atoms with Crippen molar-refractivity contribution in [3.05, 3.63) is 0 Å². The smallest absolute Gasteiger partial charge is 0.131 e. The molecule has 0 aliphatic heterocycles. The first kappa shape index (κ1) is 5.81. The maximum Gasteiger partial charge on any atom is 0.131 e. The van der Waals surface area contributed by atoms with Crippen LogP contribution in [-0.2, 0) is 0 Å². The predicted molar refractivity (Wildman–Crippen MR) is 23.7 cm³/mol. The maximum atomic E-state index is 7.88. The lowest BCUT2D eigenvalue weighted by atomic mass is 10.8. The summed E-state index contributed by atoms with van der Waals surface area (Å²) >= 11 is 4.25. The molecule has 0 unspecified atom stereocenters. The van der Waals surface area contributed by atoms with Crippen LogP contribution in [0, 0.1) is 0 Å². The summed E-state index contributed by atoms with van der Waals surface area (Å²) in [7, 11) is 0. The second kappa shape index (κ2) is 2.07. The lowest BCUT2D eigenvalue weighted by Gasteiger charge is -2.00. The average Bonchev–Trinajstić information content (AvgIpc) is 1.36. The monoisotopic (exact) mass is 107 g/mol. The highest BCUT2D eigenvalue weighted by molar-refractivity contribution is 7.80. The average molecular weight is 107 g/mol. The molecule has 36 valence electrons. The molecule has 0 amide bonds. The third-order valence-electron chi connectivity index (χ3n) is 0.282. The summed E-state index contributed by atoms with van der Waals surface area (Å²) in [4.78, 5) is 0.0370. The Morgan fingerprint density at radius 1 is 1.67 bits per heavy atom. The van der Waals surface area contributed by atoms with E-state index in [1.54, 1.807) is 0 Å². The van der Waals surface area contributed by atoms with E-state index in [2.05, 4.69) is 12.2 Å². The lowest BCUT2D eigenvalue weighted by Crippen LogP contribution is -2.17. The van der Waals surface area contributed by atoms with Gasteiger partial charge in [-0.1, -0.05) is 12.2 Å². The summed E-state index contributed by atoms with van der Waals surface area (Å²) in [5, 5.41) is 15.7. The Balaban J connectivity index is 3.26. The molecule has 0 aromatic heterocycles. The first-order valence-corrected chi connectivity index (χ1v) is 1.74. The highest BCUT2D eigenvalue weighted by atomic mass is 32.1. The summed E-state index contributed by atoms with van der Waals surface area (Å²) in [6.45, 7) is 1.40. The molecular weight excluding hydrogens is 102 g/mol. The van der Waals surface area contributed by atoms with Crippen LogP contribution in [0.1, 0.15) is 6.92 Å². The van der Waals surface area contributed by atoms with E-state index in [1.807, 2.05) is 0 Å². The van der Waals surface area contributed by atoms with Crippen molar-refractivity contribution in [1.82, 2.24) is 5.23 Å². The van der Waals surface area contributed by atoms with Crippen molar-refractivity contribution in [2.45, 2.75) is 6.92 Å². The third-order valence-corrected chi connectivity index (χ3v) is 0.445. The first-order chi connectivity index (χ1) is 2.64. The van der Waals surface area contributed by atoms with Gasteiger partial charge in [0.15, 0.2) is 0 Å². The SMILES string of the molecule is CC(=S)N(O)O. The summed E-state index contributed by atoms with van der Waals surface area (Å²) < 4.78 is 0. The van der Waals surface area contributed by atoms with E-state index >= 15 is 0 Å². The molecule has 0 aromatic carbocycles. The molecule has 0 aliphatic carbocycles. The Morgan fingerprint density at radius 3 is 1.83 bits per heavy atom. The molecule has 0 spiro atoms. The molecule has 2 N–H and O–H groups in total. The van der Waals surface area contributed by atoms with Gasteiger partial charge in [0.1, 0.15) is 4.99 Å². The molecular formula is C2H5NO2S. The minimum atomic E-state index is -0.102. The fourth-order valence-electron chi connectivity index (χ4n) is 0. The zero-order chi connectivity index (χ0) is 5.15. The molecule has 0 heterocycles. The van der Waals surface area contributed by atoms with Crippen LogP contribution in [0.4, 0.5) is 0 Å². The van der Waals surface area contributed by atoms with Crippen LogP contribution in [0.15, 0.2) is 0 Å². The molecule has 0 atom stereocenters. The van der Waals surface area contributed by atoms with Crippen molar-refractivity contribution < 1.29 is 10.4 Å². The van der Waals surface area contributed by atoms with Crippen LogP contribution in [0.3, 0.4) is 0 Å². The van der Waals surface area contributed by atoms with Crippen LogP contribution in [0.25, 0.3) is 0 Å². The van der Waals surface area contributed by atoms with Gasteiger partial charge in [0.25, 0.3) is 0 Å². The molecule has 0 saturated carbocycles. The Morgan fingerprint density at radius 2 is 1.83 bits per heavy atom. The Bertz CT molecular complexity index is 62.6. The van der Waals surface area contributed by atoms with Crippen LogP contribution in [0.5, 0.6) is 0 Å². The van der Waals surface area contributed by atoms with E-state index in [1.165, 1.54) is 6.92 Å². The predicted octanol–water partition coefficient (Wildman–Crippen LogP) is 0.414. The molecule has 0 aromatic rings. The van der Waals surface area contributed by atoms with Gasteiger partial charge in [-0.15, -0.1) is 5.23 Å². The normalized spacial score (nSPS) is 7.83. The molecule has 3 nitrogen and oxygen atoms in total. The number of nitrogens with zero attached hydrogens (tertiary/aromatic N) is 1. The summed E-state index contributed by atoms with van der Waals surface area (Å²) in [6.07, 6.45) is 0. The van der Waals surface area contributed by atoms with E-state index in [4.69, 9.17) is 10.4 Å². The Hall–Kier alpha value is -0.190. The van der Waals surface area contributed by atoms with Crippen LogP contribution in [-0.4, -0.2) is 20.6 Å². The number of thiocarbonyl (C=S) groups is 1. The second-order valence-corrected chi connectivity index (χ2v) is 1.40. The van der Waals surface area contributed by atoms with Crippen molar-refractivity contribution >= 4 is 17.2 Å². The van der Waals surface area contributed by atoms with Gasteiger partial charge < -0.3 is 0 Å². The highest BCUT2D eigenvalue weighted by Crippen LogP contribution is 1.74. The van der Waals surface area contributed by atoms with E-state index in [-0.39, 0.29) is 10.2 Å². The van der Waals surface area contributed by atoms with E-state index in [9.17, 15) is 0 Å². The molecule has 0 saturated heterocycles. The maximum absolute atomic E-state index is 7.88. The van der Waals surface area contributed by atoms with E-state index in [0.717, 1.165) is 0 Å². The summed E-state index contributed by atoms with van der Waals surface area (Å²) in [5.41, 5.74) is 0. The Labute approximate surface area is 40.7 Å². The minimum Gasteiger partial charge on any atom is -0.263 e. The molecule has 0 fully saturated rings. The van der Waals surface area contributed by atoms with Gasteiger partial charge in [-0.25, -0.2) is 0 Å². The highest BCUT2D eigenvalue weighted by Gasteiger charge is 1.87. The van der Waals surface area contributed by atoms with Gasteiger partial charge in [0.2, 0.25) is 0 Å². The van der Waals surface area contributed by atoms with Gasteiger partial charge in [0, 0.05) is 0 Å². The third kappa shape index (κ3) is 2.07.